The fraction of sp³-hybridized carbons (Fsp3) is 0.364. The van der Waals surface area contributed by atoms with Crippen LogP contribution in [0.15, 0.2) is 17.2 Å². The second kappa shape index (κ2) is 5.61. The van der Waals surface area contributed by atoms with Gasteiger partial charge in [0, 0.05) is 14.1 Å². The van der Waals surface area contributed by atoms with Crippen molar-refractivity contribution in [1.82, 2.24) is 5.01 Å². The minimum absolute atomic E-state index is 0.502. The molecule has 88 valence electrons. The van der Waals surface area contributed by atoms with Crippen molar-refractivity contribution < 1.29 is 9.47 Å². The lowest BCUT2D eigenvalue weighted by molar-refractivity contribution is 0.355. The molecule has 1 rings (SSSR count). The lowest BCUT2D eigenvalue weighted by Gasteiger charge is -2.10. The van der Waals surface area contributed by atoms with Gasteiger partial charge >= 0.3 is 0 Å². The van der Waals surface area contributed by atoms with E-state index >= 15 is 0 Å². The van der Waals surface area contributed by atoms with Crippen molar-refractivity contribution in [3.05, 3.63) is 22.7 Å². The zero-order chi connectivity index (χ0) is 12.1. The standard InChI is InChI=1S/C11H15ClN2O2/c1-14(2)13-7-8-5-9(12)11(16-4)10(6-8)15-3/h5-7H,1-4H3/b13-7+. The van der Waals surface area contributed by atoms with Crippen molar-refractivity contribution in [2.24, 2.45) is 5.10 Å². The summed E-state index contributed by atoms with van der Waals surface area (Å²) in [6.45, 7) is 0. The molecule has 0 N–H and O–H groups in total. The van der Waals surface area contributed by atoms with Crippen LogP contribution < -0.4 is 9.47 Å². The normalized spacial score (nSPS) is 10.6. The van der Waals surface area contributed by atoms with Gasteiger partial charge in [0.2, 0.25) is 0 Å². The van der Waals surface area contributed by atoms with Gasteiger partial charge in [0.05, 0.1) is 25.5 Å². The van der Waals surface area contributed by atoms with Crippen molar-refractivity contribution in [2.45, 2.75) is 0 Å². The average molecular weight is 243 g/mol. The predicted octanol–water partition coefficient (Wildman–Crippen LogP) is 2.25. The molecule has 0 heterocycles. The number of halogens is 1. The van der Waals surface area contributed by atoms with Crippen LogP contribution in [0.2, 0.25) is 5.02 Å². The predicted molar refractivity (Wildman–Crippen MR) is 65.8 cm³/mol. The zero-order valence-electron chi connectivity index (χ0n) is 9.82. The lowest BCUT2D eigenvalue weighted by atomic mass is 10.2. The van der Waals surface area contributed by atoms with E-state index in [-0.39, 0.29) is 0 Å². The average Bonchev–Trinajstić information content (AvgIpc) is 2.25. The van der Waals surface area contributed by atoms with Gasteiger partial charge in [-0.2, -0.15) is 5.10 Å². The maximum Gasteiger partial charge on any atom is 0.179 e. The minimum Gasteiger partial charge on any atom is -0.493 e. The molecule has 0 saturated carbocycles. The van der Waals surface area contributed by atoms with E-state index in [9.17, 15) is 0 Å². The van der Waals surface area contributed by atoms with Crippen LogP contribution in [0.4, 0.5) is 0 Å². The summed E-state index contributed by atoms with van der Waals surface area (Å²) in [4.78, 5) is 0. The summed E-state index contributed by atoms with van der Waals surface area (Å²) >= 11 is 6.05. The first kappa shape index (κ1) is 12.6. The Morgan fingerprint density at radius 3 is 2.44 bits per heavy atom. The molecular weight excluding hydrogens is 228 g/mol. The summed E-state index contributed by atoms with van der Waals surface area (Å²) in [6, 6.07) is 3.59. The first-order chi connectivity index (χ1) is 7.58. The molecule has 0 aliphatic rings. The maximum atomic E-state index is 6.05. The second-order valence-corrected chi connectivity index (χ2v) is 3.74. The first-order valence-electron chi connectivity index (χ1n) is 4.71. The van der Waals surface area contributed by atoms with Gasteiger partial charge in [0.25, 0.3) is 0 Å². The van der Waals surface area contributed by atoms with Gasteiger partial charge < -0.3 is 14.5 Å². The van der Waals surface area contributed by atoms with E-state index in [1.807, 2.05) is 20.2 Å². The molecule has 0 aliphatic heterocycles. The summed E-state index contributed by atoms with van der Waals surface area (Å²) in [5, 5.41) is 6.32. The molecule has 0 aromatic heterocycles. The van der Waals surface area contributed by atoms with Crippen LogP contribution >= 0.6 is 11.6 Å². The van der Waals surface area contributed by atoms with Crippen molar-refractivity contribution in [2.75, 3.05) is 28.3 Å². The first-order valence-corrected chi connectivity index (χ1v) is 5.09. The SMILES string of the molecule is COc1cc(/C=N/N(C)C)cc(Cl)c1OC. The van der Waals surface area contributed by atoms with E-state index in [1.165, 1.54) is 0 Å². The molecule has 0 unspecified atom stereocenters. The van der Waals surface area contributed by atoms with Crippen molar-refractivity contribution >= 4 is 17.8 Å². The van der Waals surface area contributed by atoms with E-state index < -0.39 is 0 Å². The van der Waals surface area contributed by atoms with Gasteiger partial charge in [-0.15, -0.1) is 0 Å². The van der Waals surface area contributed by atoms with Gasteiger partial charge in [0.1, 0.15) is 0 Å². The molecule has 4 nitrogen and oxygen atoms in total. The van der Waals surface area contributed by atoms with E-state index in [4.69, 9.17) is 21.1 Å². The molecule has 0 radical (unpaired) electrons. The Balaban J connectivity index is 3.10. The Morgan fingerprint density at radius 2 is 1.94 bits per heavy atom. The summed E-state index contributed by atoms with van der Waals surface area (Å²) < 4.78 is 10.3. The van der Waals surface area contributed by atoms with Crippen LogP contribution in [0.25, 0.3) is 0 Å². The number of nitrogens with zero attached hydrogens (tertiary/aromatic N) is 2. The monoisotopic (exact) mass is 242 g/mol. The van der Waals surface area contributed by atoms with Gasteiger partial charge in [-0.3, -0.25) is 0 Å². The summed E-state index contributed by atoms with van der Waals surface area (Å²) in [5.41, 5.74) is 0.858. The van der Waals surface area contributed by atoms with Crippen molar-refractivity contribution in [3.63, 3.8) is 0 Å². The molecule has 1 aromatic carbocycles. The molecule has 0 aliphatic carbocycles. The number of rotatable bonds is 4. The third-order valence-corrected chi connectivity index (χ3v) is 2.17. The molecule has 16 heavy (non-hydrogen) atoms. The molecule has 0 atom stereocenters. The third kappa shape index (κ3) is 3.03. The van der Waals surface area contributed by atoms with Crippen LogP contribution in [-0.2, 0) is 0 Å². The molecule has 0 bridgehead atoms. The molecule has 0 saturated heterocycles. The molecule has 5 heteroatoms. The highest BCUT2D eigenvalue weighted by Gasteiger charge is 2.09. The molecule has 0 fully saturated rings. The molecular formula is C11H15ClN2O2. The van der Waals surface area contributed by atoms with E-state index in [0.717, 1.165) is 5.56 Å². The number of hydrazone groups is 1. The summed E-state index contributed by atoms with van der Waals surface area (Å²) in [7, 11) is 6.82. The van der Waals surface area contributed by atoms with Crippen LogP contribution in [0, 0.1) is 0 Å². The Morgan fingerprint density at radius 1 is 1.25 bits per heavy atom. The Bertz CT molecular complexity index is 392. The number of hydrogen-bond acceptors (Lipinski definition) is 4. The van der Waals surface area contributed by atoms with Crippen LogP contribution in [0.1, 0.15) is 5.56 Å². The Hall–Kier alpha value is -1.42. The topological polar surface area (TPSA) is 34.1 Å². The lowest BCUT2D eigenvalue weighted by Crippen LogP contribution is -2.02. The quantitative estimate of drug-likeness (QED) is 0.600. The van der Waals surface area contributed by atoms with Crippen LogP contribution in [0.5, 0.6) is 11.5 Å². The summed E-state index contributed by atoms with van der Waals surface area (Å²) in [5.74, 6) is 1.13. The minimum atomic E-state index is 0.502. The second-order valence-electron chi connectivity index (χ2n) is 3.33. The Labute approximate surface area is 100 Å². The van der Waals surface area contributed by atoms with E-state index in [1.54, 1.807) is 31.5 Å². The van der Waals surface area contributed by atoms with Gasteiger partial charge in [-0.25, -0.2) is 0 Å². The fourth-order valence-corrected chi connectivity index (χ4v) is 1.49. The Kier molecular flexibility index (Phi) is 4.43. The van der Waals surface area contributed by atoms with Crippen molar-refractivity contribution in [1.29, 1.82) is 0 Å². The number of benzene rings is 1. The van der Waals surface area contributed by atoms with Gasteiger partial charge in [-0.1, -0.05) is 11.6 Å². The van der Waals surface area contributed by atoms with Crippen molar-refractivity contribution in [3.8, 4) is 11.5 Å². The molecule has 0 amide bonds. The van der Waals surface area contributed by atoms with E-state index in [0.29, 0.717) is 16.5 Å². The van der Waals surface area contributed by atoms with Gasteiger partial charge in [-0.05, 0) is 17.7 Å². The zero-order valence-corrected chi connectivity index (χ0v) is 10.6. The summed E-state index contributed by atoms with van der Waals surface area (Å²) in [6.07, 6.45) is 1.70. The molecule has 0 spiro atoms. The molecule has 1 aromatic rings. The fourth-order valence-electron chi connectivity index (χ4n) is 1.19. The number of methoxy groups -OCH3 is 2. The van der Waals surface area contributed by atoms with E-state index in [2.05, 4.69) is 5.10 Å². The highest BCUT2D eigenvalue weighted by molar-refractivity contribution is 6.32. The third-order valence-electron chi connectivity index (χ3n) is 1.89. The van der Waals surface area contributed by atoms with Crippen LogP contribution in [-0.4, -0.2) is 39.5 Å². The van der Waals surface area contributed by atoms with Crippen LogP contribution in [0.3, 0.4) is 0 Å². The largest absolute Gasteiger partial charge is 0.493 e. The highest BCUT2D eigenvalue weighted by atomic mass is 35.5. The number of hydrogen-bond donors (Lipinski definition) is 0. The smallest absolute Gasteiger partial charge is 0.179 e. The number of ether oxygens (including phenoxy) is 2. The highest BCUT2D eigenvalue weighted by Crippen LogP contribution is 2.35. The maximum absolute atomic E-state index is 6.05. The van der Waals surface area contributed by atoms with Gasteiger partial charge in [0.15, 0.2) is 11.5 Å².